The number of phenols is 1. The molecule has 0 unspecified atom stereocenters. The number of para-hydroxylation sites is 1. The van der Waals surface area contributed by atoms with E-state index < -0.39 is 0 Å². The molecule has 10 heteroatoms. The summed E-state index contributed by atoms with van der Waals surface area (Å²) in [6.45, 7) is 0. The normalized spacial score (nSPS) is 11.8. The summed E-state index contributed by atoms with van der Waals surface area (Å²) in [4.78, 5) is 6.26. The lowest BCUT2D eigenvalue weighted by Crippen LogP contribution is -2.08. The van der Waals surface area contributed by atoms with Gasteiger partial charge in [0.25, 0.3) is 0 Å². The van der Waals surface area contributed by atoms with Gasteiger partial charge in [-0.3, -0.25) is 0 Å². The number of hydrogen-bond acceptors (Lipinski definition) is 9. The van der Waals surface area contributed by atoms with Crippen LogP contribution < -0.4 is 4.90 Å². The van der Waals surface area contributed by atoms with Crippen molar-refractivity contribution in [2.75, 3.05) is 19.0 Å². The van der Waals surface area contributed by atoms with Gasteiger partial charge in [0.1, 0.15) is 5.69 Å². The van der Waals surface area contributed by atoms with Gasteiger partial charge in [0.15, 0.2) is 17.3 Å². The van der Waals surface area contributed by atoms with Crippen molar-refractivity contribution in [1.29, 1.82) is 0 Å². The molecule has 0 radical (unpaired) electrons. The Morgan fingerprint density at radius 2 is 1.83 bits per heavy atom. The van der Waals surface area contributed by atoms with Crippen molar-refractivity contribution in [3.63, 3.8) is 0 Å². The fourth-order valence-corrected chi connectivity index (χ4v) is 3.45. The highest BCUT2D eigenvalue weighted by molar-refractivity contribution is 7.21. The zero-order chi connectivity index (χ0) is 20.4. The summed E-state index contributed by atoms with van der Waals surface area (Å²) < 4.78 is 2.62. The van der Waals surface area contributed by atoms with Crippen LogP contribution in [0.5, 0.6) is 5.75 Å². The molecule has 29 heavy (non-hydrogen) atoms. The molecule has 4 aromatic rings. The quantitative estimate of drug-likeness (QED) is 0.434. The second-order valence-corrected chi connectivity index (χ2v) is 7.38. The minimum atomic E-state index is -0.105. The number of rotatable bonds is 5. The second kappa shape index (κ2) is 7.76. The maximum atomic E-state index is 10.8. The van der Waals surface area contributed by atoms with Crippen molar-refractivity contribution >= 4 is 49.6 Å². The molecule has 0 saturated heterocycles. The van der Waals surface area contributed by atoms with Crippen LogP contribution in [0.4, 0.5) is 28.0 Å². The molecule has 146 valence electrons. The molecule has 0 aliphatic heterocycles. The van der Waals surface area contributed by atoms with E-state index in [4.69, 9.17) is 0 Å². The average Bonchev–Trinajstić information content (AvgIpc) is 3.31. The minimum Gasteiger partial charge on any atom is -0.504 e. The van der Waals surface area contributed by atoms with Gasteiger partial charge < -0.3 is 10.0 Å². The molecule has 2 aromatic carbocycles. The van der Waals surface area contributed by atoms with Crippen LogP contribution in [0.25, 0.3) is 10.2 Å². The number of nitrogens with zero attached hydrogens (tertiary/aromatic N) is 8. The Kier molecular flexibility index (Phi) is 5.00. The maximum absolute atomic E-state index is 10.8. The van der Waals surface area contributed by atoms with Crippen LogP contribution in [0.15, 0.2) is 69.1 Å². The summed E-state index contributed by atoms with van der Waals surface area (Å²) in [5.41, 5.74) is 2.16. The molecule has 0 saturated carbocycles. The van der Waals surface area contributed by atoms with E-state index in [1.807, 2.05) is 49.3 Å². The van der Waals surface area contributed by atoms with Crippen LogP contribution in [0.3, 0.4) is 0 Å². The van der Waals surface area contributed by atoms with Crippen molar-refractivity contribution in [1.82, 2.24) is 14.8 Å². The average molecular weight is 406 g/mol. The summed E-state index contributed by atoms with van der Waals surface area (Å²) >= 11 is 1.43. The summed E-state index contributed by atoms with van der Waals surface area (Å²) in [5.74, 6) is 0.461. The van der Waals surface area contributed by atoms with Crippen LogP contribution >= 0.6 is 11.3 Å². The highest BCUT2D eigenvalue weighted by atomic mass is 32.1. The molecule has 0 aliphatic rings. The molecular weight excluding hydrogens is 388 g/mol. The molecule has 0 amide bonds. The number of anilines is 1. The van der Waals surface area contributed by atoms with Crippen molar-refractivity contribution in [3.05, 3.63) is 48.7 Å². The molecule has 2 heterocycles. The zero-order valence-electron chi connectivity index (χ0n) is 16.1. The van der Waals surface area contributed by atoms with E-state index in [0.717, 1.165) is 10.2 Å². The molecule has 9 nitrogen and oxygen atoms in total. The van der Waals surface area contributed by atoms with Crippen molar-refractivity contribution < 1.29 is 5.11 Å². The van der Waals surface area contributed by atoms with Crippen LogP contribution in [0.2, 0.25) is 0 Å². The Morgan fingerprint density at radius 3 is 2.55 bits per heavy atom. The molecule has 0 atom stereocenters. The zero-order valence-corrected chi connectivity index (χ0v) is 16.9. The van der Waals surface area contributed by atoms with Gasteiger partial charge in [-0.2, -0.15) is 5.10 Å². The third-order valence-electron chi connectivity index (χ3n) is 4.16. The molecule has 0 fully saturated rings. The number of benzene rings is 2. The van der Waals surface area contributed by atoms with Crippen molar-refractivity contribution in [2.24, 2.45) is 27.5 Å². The fraction of sp³-hybridized carbons (Fsp3) is 0.158. The van der Waals surface area contributed by atoms with Gasteiger partial charge in [-0.1, -0.05) is 23.5 Å². The molecule has 0 aliphatic carbocycles. The Morgan fingerprint density at radius 1 is 1.00 bits per heavy atom. The molecular formula is C19H18N8OS. The number of phenolic OH excluding ortho intramolecular Hbond substituents is 1. The molecule has 1 N–H and O–H groups in total. The van der Waals surface area contributed by atoms with E-state index in [0.29, 0.717) is 22.3 Å². The van der Waals surface area contributed by atoms with E-state index in [1.54, 1.807) is 30.1 Å². The first kappa shape index (κ1) is 18.7. The lowest BCUT2D eigenvalue weighted by Gasteiger charge is -2.16. The van der Waals surface area contributed by atoms with Gasteiger partial charge in [0.05, 0.1) is 22.1 Å². The highest BCUT2D eigenvalue weighted by Crippen LogP contribution is 2.44. The van der Waals surface area contributed by atoms with E-state index in [2.05, 4.69) is 30.5 Å². The third kappa shape index (κ3) is 3.83. The number of thiazole rings is 1. The standard InChI is InChI=1S/C19H18N8OS/c1-26(2)14-9-8-13(18(28)17(14)24-23-16-10-11-20-27(16)3)22-25-19-21-12-6-4-5-7-15(12)29-19/h4-11,28H,1-3H3/b24-23+,25-22+. The van der Waals surface area contributed by atoms with Gasteiger partial charge in [-0.25, -0.2) is 9.67 Å². The summed E-state index contributed by atoms with van der Waals surface area (Å²) in [5, 5.41) is 32.1. The van der Waals surface area contributed by atoms with E-state index >= 15 is 0 Å². The van der Waals surface area contributed by atoms with Gasteiger partial charge in [-0.15, -0.1) is 20.5 Å². The van der Waals surface area contributed by atoms with Crippen molar-refractivity contribution in [3.8, 4) is 5.75 Å². The Hall–Kier alpha value is -3.66. The lowest BCUT2D eigenvalue weighted by atomic mass is 10.2. The number of aromatic hydroxyl groups is 1. The Bertz CT molecular complexity index is 1190. The molecule has 2 aromatic heterocycles. The Balaban J connectivity index is 1.70. The third-order valence-corrected chi connectivity index (χ3v) is 5.08. The number of hydrogen-bond donors (Lipinski definition) is 1. The first-order chi connectivity index (χ1) is 14.0. The smallest absolute Gasteiger partial charge is 0.231 e. The molecule has 0 bridgehead atoms. The van der Waals surface area contributed by atoms with Crippen LogP contribution in [0.1, 0.15) is 0 Å². The van der Waals surface area contributed by atoms with Crippen molar-refractivity contribution in [2.45, 2.75) is 0 Å². The summed E-state index contributed by atoms with van der Waals surface area (Å²) in [6.07, 6.45) is 1.63. The predicted octanol–water partition coefficient (Wildman–Crippen LogP) is 5.63. The van der Waals surface area contributed by atoms with E-state index in [9.17, 15) is 5.11 Å². The molecule has 4 rings (SSSR count). The van der Waals surface area contributed by atoms with Crippen LogP contribution in [-0.2, 0) is 7.05 Å². The Labute approximate surface area is 170 Å². The predicted molar refractivity (Wildman–Crippen MR) is 114 cm³/mol. The number of aryl methyl sites for hydroxylation is 1. The first-order valence-corrected chi connectivity index (χ1v) is 9.55. The minimum absolute atomic E-state index is 0.105. The second-order valence-electron chi connectivity index (χ2n) is 6.37. The van der Waals surface area contributed by atoms with Crippen LogP contribution in [-0.4, -0.2) is 34.0 Å². The molecule has 0 spiro atoms. The van der Waals surface area contributed by atoms with Gasteiger partial charge in [-0.05, 0) is 24.3 Å². The van der Waals surface area contributed by atoms with Gasteiger partial charge in [0, 0.05) is 27.2 Å². The number of fused-ring (bicyclic) bond motifs is 1. The van der Waals surface area contributed by atoms with Crippen LogP contribution in [0, 0.1) is 0 Å². The van der Waals surface area contributed by atoms with Gasteiger partial charge >= 0.3 is 0 Å². The SMILES string of the molecule is CN(C)c1ccc(/N=N/c2nc3ccccc3s2)c(O)c1/N=N/c1ccnn1C. The topological polar surface area (TPSA) is 104 Å². The monoisotopic (exact) mass is 406 g/mol. The number of azo groups is 2. The fourth-order valence-electron chi connectivity index (χ4n) is 2.66. The summed E-state index contributed by atoms with van der Waals surface area (Å²) in [6, 6.07) is 13.0. The lowest BCUT2D eigenvalue weighted by molar-refractivity contribution is 0.477. The maximum Gasteiger partial charge on any atom is 0.231 e. The number of aromatic nitrogens is 3. The first-order valence-electron chi connectivity index (χ1n) is 8.73. The van der Waals surface area contributed by atoms with E-state index in [-0.39, 0.29) is 11.4 Å². The highest BCUT2D eigenvalue weighted by Gasteiger charge is 2.15. The summed E-state index contributed by atoms with van der Waals surface area (Å²) in [7, 11) is 5.49. The largest absolute Gasteiger partial charge is 0.504 e. The van der Waals surface area contributed by atoms with Gasteiger partial charge in [0.2, 0.25) is 5.13 Å². The van der Waals surface area contributed by atoms with E-state index in [1.165, 1.54) is 11.3 Å².